The average molecular weight is 280 g/mol. The highest BCUT2D eigenvalue weighted by molar-refractivity contribution is 5.88. The maximum absolute atomic E-state index is 6.05. The smallest absolute Gasteiger partial charge is 0.227 e. The number of para-hydroxylation sites is 1. The van der Waals surface area contributed by atoms with Crippen molar-refractivity contribution in [2.24, 2.45) is 0 Å². The number of nitrogens with zero attached hydrogens (tertiary/aromatic N) is 1. The Labute approximate surface area is 123 Å². The zero-order chi connectivity index (χ0) is 14.8. The standard InChI is InChI=1S/C17H16N2O2/c1-11-4-3-5-15(16(11)18)21-17-14-7-6-13(20-2)10-12(14)8-9-19-17/h3-10H,18H2,1-2H3. The van der Waals surface area contributed by atoms with E-state index in [0.29, 0.717) is 17.3 Å². The maximum Gasteiger partial charge on any atom is 0.227 e. The van der Waals surface area contributed by atoms with E-state index < -0.39 is 0 Å². The summed E-state index contributed by atoms with van der Waals surface area (Å²) >= 11 is 0. The number of aromatic nitrogens is 1. The van der Waals surface area contributed by atoms with Gasteiger partial charge in [0.25, 0.3) is 0 Å². The summed E-state index contributed by atoms with van der Waals surface area (Å²) in [5.74, 6) is 1.95. The van der Waals surface area contributed by atoms with Gasteiger partial charge in [-0.1, -0.05) is 12.1 Å². The Kier molecular flexibility index (Phi) is 3.36. The topological polar surface area (TPSA) is 57.4 Å². The Balaban J connectivity index is 2.06. The molecule has 0 saturated heterocycles. The zero-order valence-electron chi connectivity index (χ0n) is 12.0. The Morgan fingerprint density at radius 1 is 1.10 bits per heavy atom. The van der Waals surface area contributed by atoms with Gasteiger partial charge in [-0.25, -0.2) is 4.98 Å². The molecule has 3 rings (SSSR count). The largest absolute Gasteiger partial charge is 0.497 e. The molecule has 106 valence electrons. The molecule has 2 N–H and O–H groups in total. The number of pyridine rings is 1. The van der Waals surface area contributed by atoms with Crippen molar-refractivity contribution in [1.29, 1.82) is 0 Å². The van der Waals surface area contributed by atoms with E-state index in [9.17, 15) is 0 Å². The van der Waals surface area contributed by atoms with E-state index in [2.05, 4.69) is 4.98 Å². The Bertz CT molecular complexity index is 800. The second kappa shape index (κ2) is 5.32. The minimum atomic E-state index is 0.535. The van der Waals surface area contributed by atoms with Gasteiger partial charge in [0.2, 0.25) is 5.88 Å². The van der Waals surface area contributed by atoms with Crippen LogP contribution in [-0.2, 0) is 0 Å². The quantitative estimate of drug-likeness (QED) is 0.739. The van der Waals surface area contributed by atoms with E-state index in [0.717, 1.165) is 22.1 Å². The fourth-order valence-electron chi connectivity index (χ4n) is 2.18. The van der Waals surface area contributed by atoms with Gasteiger partial charge in [0.05, 0.1) is 12.8 Å². The SMILES string of the molecule is COc1ccc2c(Oc3cccc(C)c3N)nccc2c1. The van der Waals surface area contributed by atoms with Crippen LogP contribution in [0.4, 0.5) is 5.69 Å². The van der Waals surface area contributed by atoms with Crippen molar-refractivity contribution < 1.29 is 9.47 Å². The summed E-state index contributed by atoms with van der Waals surface area (Å²) in [5, 5.41) is 1.92. The summed E-state index contributed by atoms with van der Waals surface area (Å²) in [6.07, 6.45) is 1.71. The molecule has 21 heavy (non-hydrogen) atoms. The summed E-state index contributed by atoms with van der Waals surface area (Å²) < 4.78 is 11.1. The fourth-order valence-corrected chi connectivity index (χ4v) is 2.18. The van der Waals surface area contributed by atoms with E-state index in [1.54, 1.807) is 13.3 Å². The van der Waals surface area contributed by atoms with Crippen LogP contribution in [-0.4, -0.2) is 12.1 Å². The number of hydrogen-bond donors (Lipinski definition) is 1. The minimum absolute atomic E-state index is 0.535. The monoisotopic (exact) mass is 280 g/mol. The molecule has 0 aliphatic carbocycles. The number of hydrogen-bond acceptors (Lipinski definition) is 4. The van der Waals surface area contributed by atoms with Gasteiger partial charge in [0.15, 0.2) is 5.75 Å². The molecule has 0 amide bonds. The number of rotatable bonds is 3. The van der Waals surface area contributed by atoms with E-state index >= 15 is 0 Å². The minimum Gasteiger partial charge on any atom is -0.497 e. The molecule has 1 aromatic heterocycles. The average Bonchev–Trinajstić information content (AvgIpc) is 2.51. The first kappa shape index (κ1) is 13.2. The first-order valence-corrected chi connectivity index (χ1v) is 6.65. The third-order valence-corrected chi connectivity index (χ3v) is 3.43. The van der Waals surface area contributed by atoms with Crippen molar-refractivity contribution in [3.05, 3.63) is 54.2 Å². The highest BCUT2D eigenvalue weighted by atomic mass is 16.5. The van der Waals surface area contributed by atoms with Crippen molar-refractivity contribution >= 4 is 16.5 Å². The van der Waals surface area contributed by atoms with Crippen LogP contribution in [0.1, 0.15) is 5.56 Å². The van der Waals surface area contributed by atoms with Crippen LogP contribution < -0.4 is 15.2 Å². The number of nitrogens with two attached hydrogens (primary N) is 1. The zero-order valence-corrected chi connectivity index (χ0v) is 12.0. The molecule has 0 aliphatic heterocycles. The molecule has 0 spiro atoms. The molecule has 0 saturated carbocycles. The van der Waals surface area contributed by atoms with Crippen molar-refractivity contribution in [3.8, 4) is 17.4 Å². The van der Waals surface area contributed by atoms with E-state index in [4.69, 9.17) is 15.2 Å². The lowest BCUT2D eigenvalue weighted by atomic mass is 10.1. The van der Waals surface area contributed by atoms with Crippen LogP contribution in [0.15, 0.2) is 48.7 Å². The van der Waals surface area contributed by atoms with Gasteiger partial charge in [0.1, 0.15) is 5.75 Å². The number of methoxy groups -OCH3 is 1. The van der Waals surface area contributed by atoms with Crippen molar-refractivity contribution in [1.82, 2.24) is 4.98 Å². The predicted molar refractivity (Wildman–Crippen MR) is 84.0 cm³/mol. The molecule has 3 aromatic rings. The van der Waals surface area contributed by atoms with Crippen LogP contribution in [0.5, 0.6) is 17.4 Å². The third kappa shape index (κ3) is 2.48. The number of benzene rings is 2. The van der Waals surface area contributed by atoms with Gasteiger partial charge in [-0.15, -0.1) is 0 Å². The molecule has 0 bridgehead atoms. The molecular formula is C17H16N2O2. The second-order valence-corrected chi connectivity index (χ2v) is 4.79. The highest BCUT2D eigenvalue weighted by Gasteiger charge is 2.09. The molecule has 0 unspecified atom stereocenters. The Hall–Kier alpha value is -2.75. The molecule has 4 heteroatoms. The summed E-state index contributed by atoms with van der Waals surface area (Å²) in [4.78, 5) is 4.31. The summed E-state index contributed by atoms with van der Waals surface area (Å²) in [7, 11) is 1.65. The van der Waals surface area contributed by atoms with Gasteiger partial charge < -0.3 is 15.2 Å². The lowest BCUT2D eigenvalue weighted by molar-refractivity contribution is 0.415. The fraction of sp³-hybridized carbons (Fsp3) is 0.118. The number of fused-ring (bicyclic) bond motifs is 1. The van der Waals surface area contributed by atoms with Crippen LogP contribution in [0, 0.1) is 6.92 Å². The first-order chi connectivity index (χ1) is 10.2. The van der Waals surface area contributed by atoms with Crippen LogP contribution in [0.2, 0.25) is 0 Å². The molecule has 0 atom stereocenters. The molecule has 4 nitrogen and oxygen atoms in total. The van der Waals surface area contributed by atoms with Gasteiger partial charge in [-0.3, -0.25) is 0 Å². The molecular weight excluding hydrogens is 264 g/mol. The van der Waals surface area contributed by atoms with Crippen molar-refractivity contribution in [3.63, 3.8) is 0 Å². The first-order valence-electron chi connectivity index (χ1n) is 6.65. The Morgan fingerprint density at radius 2 is 1.95 bits per heavy atom. The lowest BCUT2D eigenvalue weighted by Crippen LogP contribution is -1.96. The normalized spacial score (nSPS) is 10.6. The van der Waals surface area contributed by atoms with Crippen LogP contribution in [0.25, 0.3) is 10.8 Å². The highest BCUT2D eigenvalue weighted by Crippen LogP contribution is 2.33. The number of ether oxygens (including phenoxy) is 2. The molecule has 1 heterocycles. The number of nitrogen functional groups attached to an aromatic ring is 1. The van der Waals surface area contributed by atoms with E-state index in [-0.39, 0.29) is 0 Å². The van der Waals surface area contributed by atoms with Gasteiger partial charge >= 0.3 is 0 Å². The molecule has 0 fully saturated rings. The van der Waals surface area contributed by atoms with E-state index in [1.165, 1.54) is 0 Å². The number of anilines is 1. The molecule has 2 aromatic carbocycles. The van der Waals surface area contributed by atoms with E-state index in [1.807, 2.05) is 49.4 Å². The Morgan fingerprint density at radius 3 is 2.76 bits per heavy atom. The molecule has 0 radical (unpaired) electrons. The van der Waals surface area contributed by atoms with Crippen LogP contribution in [0.3, 0.4) is 0 Å². The number of aryl methyl sites for hydroxylation is 1. The maximum atomic E-state index is 6.05. The van der Waals surface area contributed by atoms with Crippen molar-refractivity contribution in [2.45, 2.75) is 6.92 Å². The lowest BCUT2D eigenvalue weighted by Gasteiger charge is -2.11. The third-order valence-electron chi connectivity index (χ3n) is 3.43. The van der Waals surface area contributed by atoms with Gasteiger partial charge in [-0.2, -0.15) is 0 Å². The second-order valence-electron chi connectivity index (χ2n) is 4.79. The summed E-state index contributed by atoms with van der Waals surface area (Å²) in [6, 6.07) is 13.4. The predicted octanol–water partition coefficient (Wildman–Crippen LogP) is 3.93. The van der Waals surface area contributed by atoms with Gasteiger partial charge in [-0.05, 0) is 48.2 Å². The van der Waals surface area contributed by atoms with Crippen molar-refractivity contribution in [2.75, 3.05) is 12.8 Å². The summed E-state index contributed by atoms with van der Waals surface area (Å²) in [6.45, 7) is 1.95. The van der Waals surface area contributed by atoms with Crippen LogP contribution >= 0.6 is 0 Å². The van der Waals surface area contributed by atoms with Gasteiger partial charge in [0, 0.05) is 11.6 Å². The molecule has 0 aliphatic rings. The summed E-state index contributed by atoms with van der Waals surface area (Å²) in [5.41, 5.74) is 7.66.